The average molecular weight is 510 g/mol. The Morgan fingerprint density at radius 1 is 1.03 bits per heavy atom. The van der Waals surface area contributed by atoms with Crippen LogP contribution in [-0.2, 0) is 0 Å². The predicted molar refractivity (Wildman–Crippen MR) is 139 cm³/mol. The molecule has 1 aliphatic rings. The number of hydrogen-bond acceptors (Lipinski definition) is 6. The molecule has 0 atom stereocenters. The van der Waals surface area contributed by atoms with Crippen LogP contribution in [0.4, 0.5) is 16.2 Å². The van der Waals surface area contributed by atoms with E-state index in [1.165, 1.54) is 13.2 Å². The van der Waals surface area contributed by atoms with Crippen LogP contribution in [0.25, 0.3) is 0 Å². The van der Waals surface area contributed by atoms with Crippen molar-refractivity contribution in [2.24, 2.45) is 0 Å². The molecule has 3 aromatic rings. The Labute approximate surface area is 214 Å². The summed E-state index contributed by atoms with van der Waals surface area (Å²) < 4.78 is 12.0. The Kier molecular flexibility index (Phi) is 8.24. The van der Waals surface area contributed by atoms with Gasteiger partial charge in [0.05, 0.1) is 5.69 Å². The second-order valence-electron chi connectivity index (χ2n) is 8.33. The van der Waals surface area contributed by atoms with Crippen LogP contribution >= 0.6 is 11.6 Å². The number of piperidine rings is 1. The Morgan fingerprint density at radius 2 is 1.78 bits per heavy atom. The van der Waals surface area contributed by atoms with Gasteiger partial charge in [-0.25, -0.2) is 4.79 Å². The van der Waals surface area contributed by atoms with Crippen LogP contribution in [0, 0.1) is 6.92 Å². The topological polar surface area (TPSA) is 114 Å². The van der Waals surface area contributed by atoms with Gasteiger partial charge in [0.15, 0.2) is 0 Å². The van der Waals surface area contributed by atoms with Gasteiger partial charge in [-0.15, -0.1) is 0 Å². The van der Waals surface area contributed by atoms with E-state index >= 15 is 0 Å². The Hall–Kier alpha value is -3.82. The molecule has 0 radical (unpaired) electrons. The summed E-state index contributed by atoms with van der Waals surface area (Å²) in [5.74, 6) is 1.26. The number of anilines is 2. The van der Waals surface area contributed by atoms with Crippen molar-refractivity contribution < 1.29 is 19.1 Å². The summed E-state index contributed by atoms with van der Waals surface area (Å²) in [5, 5.41) is 12.1. The molecule has 0 spiro atoms. The van der Waals surface area contributed by atoms with Gasteiger partial charge in [0, 0.05) is 36.1 Å². The molecule has 3 amide bonds. The van der Waals surface area contributed by atoms with Crippen molar-refractivity contribution in [2.45, 2.75) is 25.9 Å². The first-order valence-corrected chi connectivity index (χ1v) is 12.0. The first-order valence-electron chi connectivity index (χ1n) is 11.6. The van der Waals surface area contributed by atoms with E-state index in [1.54, 1.807) is 48.5 Å². The number of halogens is 1. The lowest BCUT2D eigenvalue weighted by molar-refractivity contribution is 0.0957. The summed E-state index contributed by atoms with van der Waals surface area (Å²) in [6, 6.07) is 13.2. The molecule has 0 unspecified atom stereocenters. The quantitative estimate of drug-likeness (QED) is 0.357. The summed E-state index contributed by atoms with van der Waals surface area (Å²) in [6.45, 7) is 3.66. The predicted octanol–water partition coefficient (Wildman–Crippen LogP) is 4.97. The number of nitrogens with zero attached hydrogens (tertiary/aromatic N) is 1. The highest BCUT2D eigenvalue weighted by atomic mass is 35.5. The third-order valence-corrected chi connectivity index (χ3v) is 6.04. The van der Waals surface area contributed by atoms with E-state index < -0.39 is 6.03 Å². The Bertz CT molecular complexity index is 1230. The van der Waals surface area contributed by atoms with Crippen LogP contribution in [0.15, 0.2) is 54.7 Å². The maximum atomic E-state index is 12.7. The highest BCUT2D eigenvalue weighted by Gasteiger charge is 2.18. The van der Waals surface area contributed by atoms with E-state index in [0.29, 0.717) is 33.6 Å². The lowest BCUT2D eigenvalue weighted by atomic mass is 10.1. The maximum absolute atomic E-state index is 12.7. The van der Waals surface area contributed by atoms with Crippen molar-refractivity contribution in [2.75, 3.05) is 30.8 Å². The summed E-state index contributed by atoms with van der Waals surface area (Å²) in [7, 11) is 1.54. The summed E-state index contributed by atoms with van der Waals surface area (Å²) in [5.41, 5.74) is 2.22. The molecule has 10 heteroatoms. The fourth-order valence-electron chi connectivity index (χ4n) is 3.71. The third kappa shape index (κ3) is 6.65. The molecule has 0 bridgehead atoms. The number of benzene rings is 2. The molecule has 2 heterocycles. The highest BCUT2D eigenvalue weighted by Crippen LogP contribution is 2.33. The SMILES string of the molecule is CNC(=O)c1cc(Oc2ccc(NC(=O)Nc3cc(C)c(Cl)cc3OC3CCNCC3)cc2)ccn1. The minimum atomic E-state index is -0.412. The summed E-state index contributed by atoms with van der Waals surface area (Å²) in [4.78, 5) is 28.5. The number of rotatable bonds is 7. The van der Waals surface area contributed by atoms with Crippen molar-refractivity contribution in [3.63, 3.8) is 0 Å². The normalized spacial score (nSPS) is 13.5. The first kappa shape index (κ1) is 25.3. The van der Waals surface area contributed by atoms with E-state index in [1.807, 2.05) is 6.92 Å². The number of carbonyl (C=O) groups excluding carboxylic acids is 2. The molecule has 1 aliphatic heterocycles. The number of ether oxygens (including phenoxy) is 2. The first-order chi connectivity index (χ1) is 17.4. The van der Waals surface area contributed by atoms with Gasteiger partial charge in [-0.3, -0.25) is 9.78 Å². The number of aryl methyl sites for hydroxylation is 1. The lowest BCUT2D eigenvalue weighted by Gasteiger charge is -2.25. The van der Waals surface area contributed by atoms with Crippen LogP contribution in [0.3, 0.4) is 0 Å². The standard InChI is InChI=1S/C26H28ClN5O4/c1-16-13-22(24(15-21(16)27)36-19-7-10-29-11-8-19)32-26(34)31-17-3-5-18(6-4-17)35-20-9-12-30-23(14-20)25(33)28-2/h3-6,9,12-15,19,29H,7-8,10-11H2,1-2H3,(H,28,33)(H2,31,32,34). The fraction of sp³-hybridized carbons (Fsp3) is 0.269. The van der Waals surface area contributed by atoms with Crippen LogP contribution in [0.1, 0.15) is 28.9 Å². The van der Waals surface area contributed by atoms with E-state index in [-0.39, 0.29) is 17.7 Å². The molecule has 1 saturated heterocycles. The van der Waals surface area contributed by atoms with Gasteiger partial charge in [-0.2, -0.15) is 0 Å². The number of carbonyl (C=O) groups is 2. The van der Waals surface area contributed by atoms with Gasteiger partial charge >= 0.3 is 6.03 Å². The molecule has 1 aromatic heterocycles. The molecule has 1 fully saturated rings. The lowest BCUT2D eigenvalue weighted by Crippen LogP contribution is -2.34. The Balaban J connectivity index is 1.39. The van der Waals surface area contributed by atoms with Gasteiger partial charge in [0.1, 0.15) is 29.0 Å². The summed E-state index contributed by atoms with van der Waals surface area (Å²) in [6.07, 6.45) is 3.34. The molecule has 0 saturated carbocycles. The van der Waals surface area contributed by atoms with Crippen molar-refractivity contribution in [3.8, 4) is 17.2 Å². The van der Waals surface area contributed by atoms with Crippen molar-refractivity contribution in [3.05, 3.63) is 71.0 Å². The van der Waals surface area contributed by atoms with Crippen molar-refractivity contribution in [1.82, 2.24) is 15.6 Å². The largest absolute Gasteiger partial charge is 0.488 e. The minimum Gasteiger partial charge on any atom is -0.488 e. The number of aromatic nitrogens is 1. The van der Waals surface area contributed by atoms with E-state index in [4.69, 9.17) is 21.1 Å². The monoisotopic (exact) mass is 509 g/mol. The molecule has 4 rings (SSSR count). The number of nitrogens with one attached hydrogen (secondary N) is 4. The average Bonchev–Trinajstić information content (AvgIpc) is 2.88. The second-order valence-corrected chi connectivity index (χ2v) is 8.73. The van der Waals surface area contributed by atoms with Gasteiger partial charge < -0.3 is 30.7 Å². The smallest absolute Gasteiger partial charge is 0.323 e. The molecular formula is C26H28ClN5O4. The van der Waals surface area contributed by atoms with E-state index in [0.717, 1.165) is 31.5 Å². The zero-order valence-electron chi connectivity index (χ0n) is 20.1. The zero-order valence-corrected chi connectivity index (χ0v) is 20.8. The molecule has 4 N–H and O–H groups in total. The van der Waals surface area contributed by atoms with Crippen LogP contribution in [0.5, 0.6) is 17.2 Å². The number of hydrogen-bond donors (Lipinski definition) is 4. The molecular weight excluding hydrogens is 482 g/mol. The van der Waals surface area contributed by atoms with Gasteiger partial charge in [0.25, 0.3) is 5.91 Å². The van der Waals surface area contributed by atoms with Crippen LogP contribution < -0.4 is 30.7 Å². The minimum absolute atomic E-state index is 0.0639. The molecule has 9 nitrogen and oxygen atoms in total. The van der Waals surface area contributed by atoms with Crippen LogP contribution in [0.2, 0.25) is 5.02 Å². The number of amides is 3. The van der Waals surface area contributed by atoms with Crippen LogP contribution in [-0.4, -0.2) is 43.2 Å². The van der Waals surface area contributed by atoms with Crippen molar-refractivity contribution in [1.29, 1.82) is 0 Å². The molecule has 2 aromatic carbocycles. The highest BCUT2D eigenvalue weighted by molar-refractivity contribution is 6.31. The molecule has 0 aliphatic carbocycles. The number of pyridine rings is 1. The van der Waals surface area contributed by atoms with E-state index in [2.05, 4.69) is 26.3 Å². The summed E-state index contributed by atoms with van der Waals surface area (Å²) >= 11 is 6.32. The van der Waals surface area contributed by atoms with Gasteiger partial charge in [-0.1, -0.05) is 11.6 Å². The van der Waals surface area contributed by atoms with Gasteiger partial charge in [-0.05, 0) is 74.8 Å². The molecule has 36 heavy (non-hydrogen) atoms. The number of urea groups is 1. The van der Waals surface area contributed by atoms with E-state index in [9.17, 15) is 9.59 Å². The Morgan fingerprint density at radius 3 is 2.50 bits per heavy atom. The van der Waals surface area contributed by atoms with Crippen molar-refractivity contribution >= 4 is 34.9 Å². The second kappa shape index (κ2) is 11.7. The zero-order chi connectivity index (χ0) is 25.5. The fourth-order valence-corrected chi connectivity index (χ4v) is 3.86. The van der Waals surface area contributed by atoms with Gasteiger partial charge in [0.2, 0.25) is 0 Å². The molecule has 188 valence electrons. The maximum Gasteiger partial charge on any atom is 0.323 e. The third-order valence-electron chi connectivity index (χ3n) is 5.63.